The number of nitriles is 1. The van der Waals surface area contributed by atoms with Crippen LogP contribution in [0.5, 0.6) is 0 Å². The van der Waals surface area contributed by atoms with E-state index in [2.05, 4.69) is 17.5 Å². The highest BCUT2D eigenvalue weighted by atomic mass is 32.9. The van der Waals surface area contributed by atoms with Gasteiger partial charge in [0, 0.05) is 17.4 Å². The summed E-state index contributed by atoms with van der Waals surface area (Å²) in [6.45, 7) is 0. The number of nitrogens with zero attached hydrogens (tertiary/aromatic N) is 1. The van der Waals surface area contributed by atoms with Crippen LogP contribution in [-0.2, 0) is 11.8 Å². The van der Waals surface area contributed by atoms with Crippen molar-refractivity contribution in [2.24, 2.45) is 0 Å². The summed E-state index contributed by atoms with van der Waals surface area (Å²) in [6.07, 6.45) is 14.6. The highest BCUT2D eigenvalue weighted by Gasteiger charge is 2.37. The molecule has 0 bridgehead atoms. The van der Waals surface area contributed by atoms with Gasteiger partial charge in [0.15, 0.2) is 0 Å². The minimum absolute atomic E-state index is 0.683. The zero-order chi connectivity index (χ0) is 13.6. The Morgan fingerprint density at radius 3 is 1.84 bits per heavy atom. The van der Waals surface area contributed by atoms with Gasteiger partial charge in [0.05, 0.1) is 6.07 Å². The molecule has 4 heteroatoms. The molecular formula is C15H26NPS2. The third kappa shape index (κ3) is 4.23. The van der Waals surface area contributed by atoms with Crippen molar-refractivity contribution in [1.29, 1.82) is 5.26 Å². The van der Waals surface area contributed by atoms with Gasteiger partial charge < -0.3 is 0 Å². The Hall–Kier alpha value is 0.490. The van der Waals surface area contributed by atoms with Crippen molar-refractivity contribution < 1.29 is 0 Å². The lowest BCUT2D eigenvalue weighted by atomic mass is 10.00. The molecule has 2 aliphatic rings. The molecule has 0 spiro atoms. The summed E-state index contributed by atoms with van der Waals surface area (Å²) in [4.78, 5) is 0. The molecule has 0 unspecified atom stereocenters. The smallest absolute Gasteiger partial charge is 0.0630 e. The second kappa shape index (κ2) is 8.06. The standard InChI is InChI=1S/C15H26NPS2/c16-12-7-13-19-17(18,14-8-3-1-4-9-14)15-10-5-2-6-11-15/h14-15H,1-11,13H2. The van der Waals surface area contributed by atoms with E-state index in [-0.39, 0.29) is 0 Å². The molecule has 0 aliphatic heterocycles. The largest absolute Gasteiger partial charge is 0.198 e. The van der Waals surface area contributed by atoms with E-state index in [1.807, 2.05) is 0 Å². The van der Waals surface area contributed by atoms with Crippen molar-refractivity contribution in [2.75, 3.05) is 5.75 Å². The predicted octanol–water partition coefficient (Wildman–Crippen LogP) is 5.69. The van der Waals surface area contributed by atoms with Crippen LogP contribution in [0.2, 0.25) is 0 Å². The van der Waals surface area contributed by atoms with Crippen molar-refractivity contribution in [3.63, 3.8) is 0 Å². The molecule has 0 amide bonds. The summed E-state index contributed by atoms with van der Waals surface area (Å²) < 4.78 is 0. The Morgan fingerprint density at radius 1 is 0.947 bits per heavy atom. The van der Waals surface area contributed by atoms with Crippen LogP contribution < -0.4 is 0 Å². The van der Waals surface area contributed by atoms with Gasteiger partial charge in [0.25, 0.3) is 0 Å². The predicted molar refractivity (Wildman–Crippen MR) is 90.7 cm³/mol. The maximum absolute atomic E-state index is 8.80. The van der Waals surface area contributed by atoms with Crippen LogP contribution in [0.25, 0.3) is 0 Å². The molecule has 2 aliphatic carbocycles. The monoisotopic (exact) mass is 315 g/mol. The molecule has 2 saturated carbocycles. The van der Waals surface area contributed by atoms with E-state index < -0.39 is 5.24 Å². The number of hydrogen-bond donors (Lipinski definition) is 0. The van der Waals surface area contributed by atoms with Gasteiger partial charge >= 0.3 is 0 Å². The van der Waals surface area contributed by atoms with Gasteiger partial charge in [-0.1, -0.05) is 50.3 Å². The third-order valence-corrected chi connectivity index (χ3v) is 14.8. The Balaban J connectivity index is 2.06. The first-order valence-electron chi connectivity index (χ1n) is 7.88. The highest BCUT2D eigenvalue weighted by molar-refractivity contribution is 8.71. The van der Waals surface area contributed by atoms with Crippen molar-refractivity contribution in [2.45, 2.75) is 81.9 Å². The summed E-state index contributed by atoms with van der Waals surface area (Å²) >= 11 is 8.38. The minimum Gasteiger partial charge on any atom is -0.198 e. The fourth-order valence-electron chi connectivity index (χ4n) is 3.62. The van der Waals surface area contributed by atoms with Crippen LogP contribution in [0.1, 0.15) is 70.6 Å². The molecule has 2 rings (SSSR count). The Labute approximate surface area is 127 Å². The van der Waals surface area contributed by atoms with E-state index in [1.165, 1.54) is 64.2 Å². The molecule has 0 heterocycles. The quantitative estimate of drug-likeness (QED) is 0.481. The van der Waals surface area contributed by atoms with Gasteiger partial charge in [0.2, 0.25) is 0 Å². The lowest BCUT2D eigenvalue weighted by Crippen LogP contribution is -2.22. The van der Waals surface area contributed by atoms with E-state index in [0.717, 1.165) is 17.1 Å². The zero-order valence-electron chi connectivity index (χ0n) is 11.9. The first kappa shape index (κ1) is 15.9. The van der Waals surface area contributed by atoms with E-state index in [0.29, 0.717) is 6.42 Å². The molecule has 2 fully saturated rings. The second-order valence-corrected chi connectivity index (χ2v) is 14.5. The fraction of sp³-hybridized carbons (Fsp3) is 0.933. The summed E-state index contributed by atoms with van der Waals surface area (Å²) in [7, 11) is 0. The molecule has 0 aromatic rings. The van der Waals surface area contributed by atoms with Crippen LogP contribution in [0.4, 0.5) is 0 Å². The molecule has 19 heavy (non-hydrogen) atoms. The maximum Gasteiger partial charge on any atom is 0.0630 e. The van der Waals surface area contributed by atoms with Gasteiger partial charge in [-0.05, 0) is 37.0 Å². The SMILES string of the molecule is N#CCCSP(=S)(C1CCCCC1)C1CCCCC1. The summed E-state index contributed by atoms with van der Waals surface area (Å²) in [6, 6.07) is 2.30. The molecule has 0 atom stereocenters. The summed E-state index contributed by atoms with van der Waals surface area (Å²) in [5.41, 5.74) is 1.67. The maximum atomic E-state index is 8.80. The average Bonchev–Trinajstić information content (AvgIpc) is 2.49. The summed E-state index contributed by atoms with van der Waals surface area (Å²) in [5.74, 6) is 0.987. The zero-order valence-corrected chi connectivity index (χ0v) is 14.4. The van der Waals surface area contributed by atoms with Crippen LogP contribution in [0.15, 0.2) is 0 Å². The van der Waals surface area contributed by atoms with Crippen LogP contribution >= 0.6 is 16.6 Å². The van der Waals surface area contributed by atoms with E-state index in [9.17, 15) is 0 Å². The Morgan fingerprint density at radius 2 is 1.42 bits per heavy atom. The lowest BCUT2D eigenvalue weighted by molar-refractivity contribution is 0.488. The van der Waals surface area contributed by atoms with Crippen molar-refractivity contribution in [1.82, 2.24) is 0 Å². The molecule has 0 N–H and O–H groups in total. The molecule has 108 valence electrons. The molecule has 0 aromatic carbocycles. The van der Waals surface area contributed by atoms with Crippen molar-refractivity contribution in [3.05, 3.63) is 0 Å². The average molecular weight is 315 g/mol. The van der Waals surface area contributed by atoms with Gasteiger partial charge in [-0.3, -0.25) is 0 Å². The normalized spacial score (nSPS) is 23.1. The van der Waals surface area contributed by atoms with Gasteiger partial charge in [0.1, 0.15) is 0 Å². The molecular weight excluding hydrogens is 289 g/mol. The number of rotatable bonds is 5. The van der Waals surface area contributed by atoms with Crippen LogP contribution in [-0.4, -0.2) is 17.1 Å². The van der Waals surface area contributed by atoms with Crippen molar-refractivity contribution in [3.8, 4) is 6.07 Å². The Kier molecular flexibility index (Phi) is 6.73. The van der Waals surface area contributed by atoms with Gasteiger partial charge in [-0.25, -0.2) is 0 Å². The fourth-order valence-corrected chi connectivity index (χ4v) is 12.9. The first-order chi connectivity index (χ1) is 9.27. The number of hydrogen-bond acceptors (Lipinski definition) is 3. The lowest BCUT2D eigenvalue weighted by Gasteiger charge is -2.40. The molecule has 0 saturated heterocycles. The first-order valence-corrected chi connectivity index (χ1v) is 12.4. The van der Waals surface area contributed by atoms with Gasteiger partial charge in [-0.2, -0.15) is 5.26 Å². The Bertz CT molecular complexity index is 330. The van der Waals surface area contributed by atoms with E-state index >= 15 is 0 Å². The van der Waals surface area contributed by atoms with Crippen molar-refractivity contribution >= 4 is 28.4 Å². The highest BCUT2D eigenvalue weighted by Crippen LogP contribution is 2.71. The van der Waals surface area contributed by atoms with Gasteiger partial charge in [-0.15, -0.1) is 11.4 Å². The molecule has 0 aromatic heterocycles. The molecule has 0 radical (unpaired) electrons. The topological polar surface area (TPSA) is 23.8 Å². The van der Waals surface area contributed by atoms with Crippen LogP contribution in [0.3, 0.4) is 0 Å². The van der Waals surface area contributed by atoms with Crippen LogP contribution in [0, 0.1) is 11.3 Å². The molecule has 1 nitrogen and oxygen atoms in total. The summed E-state index contributed by atoms with van der Waals surface area (Å²) in [5, 5.41) is 7.50. The third-order valence-electron chi connectivity index (χ3n) is 4.67. The van der Waals surface area contributed by atoms with E-state index in [1.54, 1.807) is 0 Å². The minimum atomic E-state index is -1.30. The van der Waals surface area contributed by atoms with E-state index in [4.69, 9.17) is 17.1 Å². The second-order valence-electron chi connectivity index (χ2n) is 5.97.